The number of H-pyrrole nitrogens is 1. The van der Waals surface area contributed by atoms with Crippen LogP contribution in [0.3, 0.4) is 0 Å². The highest BCUT2D eigenvalue weighted by atomic mass is 32.1. The van der Waals surface area contributed by atoms with Crippen LogP contribution in [0.15, 0.2) is 18.2 Å². The number of para-hydroxylation sites is 1. The minimum Gasteiger partial charge on any atom is -0.385 e. The van der Waals surface area contributed by atoms with E-state index in [0.29, 0.717) is 10.3 Å². The van der Waals surface area contributed by atoms with Gasteiger partial charge in [0.2, 0.25) is 0 Å². The van der Waals surface area contributed by atoms with Crippen LogP contribution in [0.1, 0.15) is 25.8 Å². The molecule has 2 aromatic rings. The van der Waals surface area contributed by atoms with Gasteiger partial charge in [0, 0.05) is 20.3 Å². The van der Waals surface area contributed by atoms with Gasteiger partial charge in [-0.15, -0.1) is 0 Å². The summed E-state index contributed by atoms with van der Waals surface area (Å²) in [6, 6.07) is 7.88. The molecule has 1 heterocycles. The van der Waals surface area contributed by atoms with Gasteiger partial charge in [-0.05, 0) is 36.2 Å². The average molecular weight is 289 g/mol. The number of aromatic amines is 1. The summed E-state index contributed by atoms with van der Waals surface area (Å²) in [5.41, 5.74) is 2.51. The van der Waals surface area contributed by atoms with Crippen LogP contribution in [0.2, 0.25) is 0 Å². The molecule has 0 spiro atoms. The number of hydrogen-bond donors (Lipinski definition) is 1. The van der Waals surface area contributed by atoms with Gasteiger partial charge in [0.05, 0.1) is 16.6 Å². The van der Waals surface area contributed by atoms with E-state index in [9.17, 15) is 0 Å². The zero-order chi connectivity index (χ0) is 14.8. The van der Waals surface area contributed by atoms with Crippen molar-refractivity contribution in [3.63, 3.8) is 0 Å². The number of nitriles is 1. The highest BCUT2D eigenvalue weighted by Crippen LogP contribution is 2.26. The fraction of sp³-hybridized carbons (Fsp3) is 0.467. The van der Waals surface area contributed by atoms with Gasteiger partial charge < -0.3 is 14.3 Å². The van der Waals surface area contributed by atoms with Gasteiger partial charge in [-0.25, -0.2) is 0 Å². The molecule has 5 heteroatoms. The third kappa shape index (κ3) is 2.92. The smallest absolute Gasteiger partial charge is 0.178 e. The summed E-state index contributed by atoms with van der Waals surface area (Å²) >= 11 is 5.41. The Hall–Kier alpha value is -1.64. The van der Waals surface area contributed by atoms with E-state index >= 15 is 0 Å². The van der Waals surface area contributed by atoms with E-state index in [-0.39, 0.29) is 5.41 Å². The van der Waals surface area contributed by atoms with Crippen LogP contribution in [0.4, 0.5) is 0 Å². The molecule has 4 nitrogen and oxygen atoms in total. The van der Waals surface area contributed by atoms with Crippen molar-refractivity contribution in [2.75, 3.05) is 13.7 Å². The highest BCUT2D eigenvalue weighted by Gasteiger charge is 2.20. The van der Waals surface area contributed by atoms with E-state index in [0.717, 1.165) is 30.6 Å². The Kier molecular flexibility index (Phi) is 4.26. The molecule has 0 bridgehead atoms. The first-order valence-corrected chi connectivity index (χ1v) is 7.00. The van der Waals surface area contributed by atoms with Crippen LogP contribution >= 0.6 is 12.2 Å². The molecule has 1 aromatic carbocycles. The monoisotopic (exact) mass is 289 g/mol. The Bertz CT molecular complexity index is 706. The van der Waals surface area contributed by atoms with Gasteiger partial charge >= 0.3 is 0 Å². The van der Waals surface area contributed by atoms with Crippen LogP contribution in [0.25, 0.3) is 11.0 Å². The summed E-state index contributed by atoms with van der Waals surface area (Å²) in [6.45, 7) is 5.91. The van der Waals surface area contributed by atoms with Crippen LogP contribution in [-0.2, 0) is 11.3 Å². The Balaban J connectivity index is 2.43. The summed E-state index contributed by atoms with van der Waals surface area (Å²) < 4.78 is 7.90. The van der Waals surface area contributed by atoms with Gasteiger partial charge in [-0.2, -0.15) is 5.26 Å². The van der Waals surface area contributed by atoms with Crippen molar-refractivity contribution in [3.8, 4) is 6.07 Å². The molecular formula is C15H19N3OS. The number of rotatable bonds is 5. The number of hydrogen-bond acceptors (Lipinski definition) is 3. The molecule has 0 aliphatic rings. The molecule has 0 amide bonds. The fourth-order valence-corrected chi connectivity index (χ4v) is 2.58. The van der Waals surface area contributed by atoms with Crippen molar-refractivity contribution in [1.82, 2.24) is 9.55 Å². The van der Waals surface area contributed by atoms with Gasteiger partial charge in [-0.1, -0.05) is 19.9 Å². The van der Waals surface area contributed by atoms with Crippen LogP contribution < -0.4 is 0 Å². The van der Waals surface area contributed by atoms with Crippen LogP contribution in [0, 0.1) is 21.5 Å². The van der Waals surface area contributed by atoms with Gasteiger partial charge in [0.15, 0.2) is 4.77 Å². The molecule has 0 atom stereocenters. The quantitative estimate of drug-likeness (QED) is 0.855. The number of ether oxygens (including phenoxy) is 1. The predicted molar refractivity (Wildman–Crippen MR) is 82.1 cm³/mol. The third-order valence-electron chi connectivity index (χ3n) is 3.50. The maximum atomic E-state index is 9.15. The predicted octanol–water partition coefficient (Wildman–Crippen LogP) is 3.63. The fourth-order valence-electron chi connectivity index (χ4n) is 2.32. The van der Waals surface area contributed by atoms with Gasteiger partial charge in [-0.3, -0.25) is 0 Å². The van der Waals surface area contributed by atoms with E-state index in [1.807, 2.05) is 12.1 Å². The second-order valence-electron chi connectivity index (χ2n) is 5.73. The molecule has 106 valence electrons. The number of nitrogens with one attached hydrogen (secondary N) is 1. The molecule has 2 rings (SSSR count). The minimum atomic E-state index is 0.0754. The Morgan fingerprint density at radius 2 is 2.20 bits per heavy atom. The zero-order valence-corrected chi connectivity index (χ0v) is 12.9. The summed E-state index contributed by atoms with van der Waals surface area (Å²) in [5.74, 6) is 0. The molecule has 0 unspecified atom stereocenters. The minimum absolute atomic E-state index is 0.0754. The number of benzene rings is 1. The second kappa shape index (κ2) is 5.78. The van der Waals surface area contributed by atoms with Crippen molar-refractivity contribution in [1.29, 1.82) is 5.26 Å². The van der Waals surface area contributed by atoms with Crippen LogP contribution in [-0.4, -0.2) is 23.3 Å². The van der Waals surface area contributed by atoms with E-state index in [1.54, 1.807) is 13.2 Å². The Labute approximate surface area is 124 Å². The van der Waals surface area contributed by atoms with Gasteiger partial charge in [0.25, 0.3) is 0 Å². The van der Waals surface area contributed by atoms with Crippen molar-refractivity contribution >= 4 is 23.3 Å². The summed E-state index contributed by atoms with van der Waals surface area (Å²) in [5, 5.41) is 9.15. The lowest BCUT2D eigenvalue weighted by Gasteiger charge is -2.25. The van der Waals surface area contributed by atoms with E-state index in [2.05, 4.69) is 29.5 Å². The first-order valence-electron chi connectivity index (χ1n) is 6.59. The molecule has 0 fully saturated rings. The standard InChI is InChI=1S/C15H19N3OS/c1-15(2,7-8-19-3)10-18-12-6-4-5-11(9-16)13(12)17-14(18)20/h4-6H,7-8,10H2,1-3H3,(H,17,20). The first kappa shape index (κ1) is 14.8. The topological polar surface area (TPSA) is 53.7 Å². The summed E-state index contributed by atoms with van der Waals surface area (Å²) in [6.07, 6.45) is 0.954. The lowest BCUT2D eigenvalue weighted by Crippen LogP contribution is -2.21. The number of nitrogens with zero attached hydrogens (tertiary/aromatic N) is 2. The first-order chi connectivity index (χ1) is 9.48. The second-order valence-corrected chi connectivity index (χ2v) is 6.12. The maximum absolute atomic E-state index is 9.15. The molecule has 0 saturated heterocycles. The SMILES string of the molecule is COCCC(C)(C)Cn1c(=S)[nH]c2c(C#N)cccc21. The molecule has 0 aliphatic heterocycles. The van der Waals surface area contributed by atoms with Crippen molar-refractivity contribution in [2.24, 2.45) is 5.41 Å². The van der Waals surface area contributed by atoms with Crippen molar-refractivity contribution in [2.45, 2.75) is 26.8 Å². The lowest BCUT2D eigenvalue weighted by atomic mass is 9.89. The van der Waals surface area contributed by atoms with Crippen molar-refractivity contribution in [3.05, 3.63) is 28.5 Å². The van der Waals surface area contributed by atoms with E-state index in [4.69, 9.17) is 22.2 Å². The third-order valence-corrected chi connectivity index (χ3v) is 3.82. The normalized spacial score (nSPS) is 11.7. The molecule has 0 saturated carbocycles. The van der Waals surface area contributed by atoms with Crippen molar-refractivity contribution < 1.29 is 4.74 Å². The van der Waals surface area contributed by atoms with Crippen LogP contribution in [0.5, 0.6) is 0 Å². The molecule has 1 aromatic heterocycles. The largest absolute Gasteiger partial charge is 0.385 e. The highest BCUT2D eigenvalue weighted by molar-refractivity contribution is 7.71. The number of fused-ring (bicyclic) bond motifs is 1. The number of aromatic nitrogens is 2. The Morgan fingerprint density at radius 3 is 2.85 bits per heavy atom. The summed E-state index contributed by atoms with van der Waals surface area (Å²) in [7, 11) is 1.71. The van der Waals surface area contributed by atoms with E-state index in [1.165, 1.54) is 0 Å². The molecule has 20 heavy (non-hydrogen) atoms. The number of methoxy groups -OCH3 is 1. The summed E-state index contributed by atoms with van der Waals surface area (Å²) in [4.78, 5) is 3.15. The van der Waals surface area contributed by atoms with Gasteiger partial charge in [0.1, 0.15) is 6.07 Å². The zero-order valence-electron chi connectivity index (χ0n) is 12.1. The average Bonchev–Trinajstić information content (AvgIpc) is 2.72. The molecule has 0 radical (unpaired) electrons. The maximum Gasteiger partial charge on any atom is 0.178 e. The molecule has 0 aliphatic carbocycles. The van der Waals surface area contributed by atoms with E-state index < -0.39 is 0 Å². The molecular weight excluding hydrogens is 270 g/mol. The number of imidazole rings is 1. The lowest BCUT2D eigenvalue weighted by molar-refractivity contribution is 0.143. The Morgan fingerprint density at radius 1 is 1.45 bits per heavy atom. The molecule has 1 N–H and O–H groups in total.